The van der Waals surface area contributed by atoms with Crippen LogP contribution in [0.4, 0.5) is 0 Å². The Hall–Kier alpha value is -2.94. The zero-order valence-corrected chi connectivity index (χ0v) is 10.8. The van der Waals surface area contributed by atoms with Crippen molar-refractivity contribution >= 4 is 22.9 Å². The maximum atomic E-state index is 11.9. The highest BCUT2D eigenvalue weighted by Crippen LogP contribution is 2.17. The molecule has 0 spiro atoms. The Balaban J connectivity index is 2.74. The molecule has 0 saturated carbocycles. The number of carbonyl (C=O) groups is 1. The Morgan fingerprint density at radius 1 is 1.50 bits per heavy atom. The smallest absolute Gasteiger partial charge is 0.347 e. The quantitative estimate of drug-likeness (QED) is 0.835. The molecular weight excluding hydrogens is 260 g/mol. The highest BCUT2D eigenvalue weighted by Gasteiger charge is 2.10. The molecule has 1 heterocycles. The van der Waals surface area contributed by atoms with Crippen molar-refractivity contribution in [2.45, 2.75) is 13.8 Å². The van der Waals surface area contributed by atoms with Gasteiger partial charge in [-0.05, 0) is 31.5 Å². The average Bonchev–Trinajstić information content (AvgIpc) is 2.39. The van der Waals surface area contributed by atoms with E-state index in [2.05, 4.69) is 4.98 Å². The van der Waals surface area contributed by atoms with E-state index in [1.54, 1.807) is 13.0 Å². The number of carboxylic acid groups (broad SMARTS) is 1. The van der Waals surface area contributed by atoms with E-state index < -0.39 is 11.6 Å². The minimum atomic E-state index is -1.12. The van der Waals surface area contributed by atoms with E-state index in [0.717, 1.165) is 0 Å². The Morgan fingerprint density at radius 2 is 2.20 bits per heavy atom. The molecule has 0 unspecified atom stereocenters. The lowest BCUT2D eigenvalue weighted by Gasteiger charge is -2.02. The molecule has 0 aliphatic rings. The van der Waals surface area contributed by atoms with E-state index in [1.807, 2.05) is 6.07 Å². The number of aryl methyl sites for hydroxylation is 1. The summed E-state index contributed by atoms with van der Waals surface area (Å²) in [6, 6.07) is 4.96. The Morgan fingerprint density at radius 3 is 2.80 bits per heavy atom. The summed E-state index contributed by atoms with van der Waals surface area (Å²) >= 11 is 0. The van der Waals surface area contributed by atoms with Crippen LogP contribution < -0.4 is 5.63 Å². The predicted molar refractivity (Wildman–Crippen MR) is 71.0 cm³/mol. The van der Waals surface area contributed by atoms with E-state index in [4.69, 9.17) is 14.8 Å². The summed E-state index contributed by atoms with van der Waals surface area (Å²) in [5.74, 6) is -1.19. The van der Waals surface area contributed by atoms with Crippen molar-refractivity contribution in [2.24, 2.45) is 0 Å². The second kappa shape index (κ2) is 4.97. The number of aromatic nitrogens is 1. The van der Waals surface area contributed by atoms with Gasteiger partial charge in [-0.25, -0.2) is 14.6 Å². The van der Waals surface area contributed by atoms with E-state index in [9.17, 15) is 9.59 Å². The summed E-state index contributed by atoms with van der Waals surface area (Å²) in [6.07, 6.45) is 1.18. The van der Waals surface area contributed by atoms with E-state index >= 15 is 0 Å². The third kappa shape index (κ3) is 2.42. The van der Waals surface area contributed by atoms with Crippen LogP contribution in [-0.4, -0.2) is 16.1 Å². The second-order valence-corrected chi connectivity index (χ2v) is 4.27. The van der Waals surface area contributed by atoms with Crippen molar-refractivity contribution in [3.63, 3.8) is 0 Å². The van der Waals surface area contributed by atoms with E-state index in [-0.39, 0.29) is 16.9 Å². The Kier molecular flexibility index (Phi) is 3.36. The van der Waals surface area contributed by atoms with Crippen LogP contribution in [0.5, 0.6) is 0 Å². The number of nitriles is 1. The number of benzene rings is 1. The summed E-state index contributed by atoms with van der Waals surface area (Å²) in [6.45, 7) is 3.09. The van der Waals surface area contributed by atoms with Crippen LogP contribution in [0.3, 0.4) is 0 Å². The van der Waals surface area contributed by atoms with Gasteiger partial charge in [0.1, 0.15) is 0 Å². The zero-order valence-electron chi connectivity index (χ0n) is 10.8. The van der Waals surface area contributed by atoms with Crippen molar-refractivity contribution in [3.8, 4) is 6.07 Å². The maximum absolute atomic E-state index is 11.9. The number of rotatable bonds is 2. The van der Waals surface area contributed by atoms with E-state index in [0.29, 0.717) is 16.6 Å². The second-order valence-electron chi connectivity index (χ2n) is 4.27. The van der Waals surface area contributed by atoms with Crippen molar-refractivity contribution in [3.05, 3.63) is 45.1 Å². The molecule has 1 N–H and O–H groups in total. The molecule has 0 atom stereocenters. The van der Waals surface area contributed by atoms with Gasteiger partial charge in [-0.1, -0.05) is 0 Å². The molecule has 0 bridgehead atoms. The number of fused-ring (bicyclic) bond motifs is 1. The first-order chi connectivity index (χ1) is 9.42. The fourth-order valence-electron chi connectivity index (χ4n) is 1.74. The standard InChI is InChI=1S/C14H10N2O4/c1-7-3-9(6-15)5-10-12(7)16-11(20-14(10)19)4-8(2)13(17)18/h3-5H,1-2H3,(H,17,18). The minimum absolute atomic E-state index is 0.00583. The first-order valence-corrected chi connectivity index (χ1v) is 5.69. The molecular formula is C14H10N2O4. The molecule has 0 fully saturated rings. The monoisotopic (exact) mass is 270 g/mol. The van der Waals surface area contributed by atoms with Crippen LogP contribution in [0, 0.1) is 18.3 Å². The van der Waals surface area contributed by atoms with Gasteiger partial charge in [0.25, 0.3) is 0 Å². The topological polar surface area (TPSA) is 104 Å². The number of hydrogen-bond acceptors (Lipinski definition) is 5. The Labute approximate surface area is 113 Å². The first-order valence-electron chi connectivity index (χ1n) is 5.69. The van der Waals surface area contributed by atoms with Gasteiger partial charge >= 0.3 is 11.6 Å². The van der Waals surface area contributed by atoms with Crippen molar-refractivity contribution in [1.29, 1.82) is 5.26 Å². The third-order valence-electron chi connectivity index (χ3n) is 2.75. The average molecular weight is 270 g/mol. The highest BCUT2D eigenvalue weighted by molar-refractivity contribution is 5.91. The molecule has 1 aromatic heterocycles. The zero-order chi connectivity index (χ0) is 14.9. The molecule has 6 nitrogen and oxygen atoms in total. The van der Waals surface area contributed by atoms with Crippen molar-refractivity contribution < 1.29 is 14.3 Å². The Bertz CT molecular complexity index is 841. The molecule has 1 aromatic carbocycles. The van der Waals surface area contributed by atoms with Crippen LogP contribution in [-0.2, 0) is 4.79 Å². The maximum Gasteiger partial charge on any atom is 0.347 e. The summed E-state index contributed by atoms with van der Waals surface area (Å²) in [7, 11) is 0. The van der Waals surface area contributed by atoms with Gasteiger partial charge in [-0.2, -0.15) is 5.26 Å². The molecule has 0 radical (unpaired) electrons. The number of aliphatic carboxylic acids is 1. The summed E-state index contributed by atoms with van der Waals surface area (Å²) in [5, 5.41) is 17.9. The van der Waals surface area contributed by atoms with Gasteiger partial charge in [-0.3, -0.25) is 0 Å². The summed E-state index contributed by atoms with van der Waals surface area (Å²) in [4.78, 5) is 26.7. The van der Waals surface area contributed by atoms with E-state index in [1.165, 1.54) is 19.1 Å². The van der Waals surface area contributed by atoms with Gasteiger partial charge in [0.05, 0.1) is 22.5 Å². The normalized spacial score (nSPS) is 11.3. The lowest BCUT2D eigenvalue weighted by molar-refractivity contribution is -0.132. The van der Waals surface area contributed by atoms with Crippen molar-refractivity contribution in [1.82, 2.24) is 4.98 Å². The largest absolute Gasteiger partial charge is 0.478 e. The lowest BCUT2D eigenvalue weighted by atomic mass is 10.1. The van der Waals surface area contributed by atoms with Crippen LogP contribution in [0.1, 0.15) is 23.9 Å². The molecule has 100 valence electrons. The van der Waals surface area contributed by atoms with Gasteiger partial charge < -0.3 is 9.52 Å². The molecule has 0 amide bonds. The van der Waals surface area contributed by atoms with Gasteiger partial charge in [-0.15, -0.1) is 0 Å². The molecule has 0 aliphatic carbocycles. The van der Waals surface area contributed by atoms with Gasteiger partial charge in [0, 0.05) is 11.6 Å². The molecule has 0 saturated heterocycles. The molecule has 20 heavy (non-hydrogen) atoms. The molecule has 6 heteroatoms. The van der Waals surface area contributed by atoms with Crippen molar-refractivity contribution in [2.75, 3.05) is 0 Å². The number of hydrogen-bond donors (Lipinski definition) is 1. The molecule has 2 aromatic rings. The summed E-state index contributed by atoms with van der Waals surface area (Å²) in [5.41, 5.74) is 0.735. The fourth-order valence-corrected chi connectivity index (χ4v) is 1.74. The number of nitrogens with zero attached hydrogens (tertiary/aromatic N) is 2. The number of carboxylic acids is 1. The molecule has 2 rings (SSSR count). The van der Waals surface area contributed by atoms with Crippen LogP contribution in [0.2, 0.25) is 0 Å². The molecule has 0 aliphatic heterocycles. The fraction of sp³-hybridized carbons (Fsp3) is 0.143. The van der Waals surface area contributed by atoms with Crippen LogP contribution in [0.15, 0.2) is 26.9 Å². The third-order valence-corrected chi connectivity index (χ3v) is 2.75. The van der Waals surface area contributed by atoms with Gasteiger partial charge in [0.2, 0.25) is 5.89 Å². The van der Waals surface area contributed by atoms with Crippen LogP contribution in [0.25, 0.3) is 17.0 Å². The SMILES string of the molecule is CC(=Cc1nc2c(C)cc(C#N)cc2c(=O)o1)C(=O)O. The van der Waals surface area contributed by atoms with Crippen LogP contribution >= 0.6 is 0 Å². The predicted octanol–water partition coefficient (Wildman–Crippen LogP) is 1.86. The minimum Gasteiger partial charge on any atom is -0.478 e. The van der Waals surface area contributed by atoms with Gasteiger partial charge in [0.15, 0.2) is 0 Å². The summed E-state index contributed by atoms with van der Waals surface area (Å²) < 4.78 is 4.95. The lowest BCUT2D eigenvalue weighted by Crippen LogP contribution is -2.05. The first kappa shape index (κ1) is 13.5. The highest BCUT2D eigenvalue weighted by atomic mass is 16.4.